The number of carbonyl (C=O) groups excluding carboxylic acids is 1. The van der Waals surface area contributed by atoms with Crippen molar-refractivity contribution in [3.05, 3.63) is 33.7 Å². The lowest BCUT2D eigenvalue weighted by atomic mass is 10.4. The fraction of sp³-hybridized carbons (Fsp3) is 0. The number of aromatic nitrogens is 2. The van der Waals surface area contributed by atoms with Gasteiger partial charge in [0, 0.05) is 6.20 Å². The van der Waals surface area contributed by atoms with Gasteiger partial charge in [-0.05, 0) is 11.4 Å². The summed E-state index contributed by atoms with van der Waals surface area (Å²) in [5.74, 6) is -0.216. The molecule has 1 amide bonds. The summed E-state index contributed by atoms with van der Waals surface area (Å²) in [7, 11) is 0. The monoisotopic (exact) mass is 227 g/mol. The van der Waals surface area contributed by atoms with Crippen molar-refractivity contribution in [3.8, 4) is 0 Å². The van der Waals surface area contributed by atoms with Crippen molar-refractivity contribution in [1.82, 2.24) is 10.2 Å². The van der Waals surface area contributed by atoms with Crippen molar-refractivity contribution in [1.29, 1.82) is 0 Å². The molecule has 2 aromatic heterocycles. The first-order valence-corrected chi connectivity index (χ1v) is 5.06. The van der Waals surface area contributed by atoms with Gasteiger partial charge in [-0.2, -0.15) is 5.10 Å². The van der Waals surface area contributed by atoms with Gasteiger partial charge in [-0.3, -0.25) is 9.89 Å². The van der Waals surface area contributed by atoms with E-state index in [1.807, 2.05) is 0 Å². The third-order valence-electron chi connectivity index (χ3n) is 1.58. The molecular weight excluding hydrogens is 222 g/mol. The molecular formula is C8H6ClN3OS. The van der Waals surface area contributed by atoms with Crippen LogP contribution in [0.25, 0.3) is 0 Å². The Kier molecular flexibility index (Phi) is 2.51. The van der Waals surface area contributed by atoms with Gasteiger partial charge in [0.05, 0.1) is 16.9 Å². The summed E-state index contributed by atoms with van der Waals surface area (Å²) in [6, 6.07) is 1.69. The third kappa shape index (κ3) is 1.78. The van der Waals surface area contributed by atoms with Gasteiger partial charge < -0.3 is 5.32 Å². The fourth-order valence-corrected chi connectivity index (χ4v) is 2.00. The molecule has 0 atom stereocenters. The standard InChI is InChI=1S/C8H6ClN3OS/c9-6-1-2-14-7(6)8(13)12-5-3-10-11-4-5/h1-4H,(H,10,11)(H,12,13). The van der Waals surface area contributed by atoms with Crippen LogP contribution < -0.4 is 5.32 Å². The Morgan fingerprint density at radius 1 is 1.64 bits per heavy atom. The van der Waals surface area contributed by atoms with Crippen molar-refractivity contribution in [2.75, 3.05) is 5.32 Å². The van der Waals surface area contributed by atoms with Crippen LogP contribution in [0, 0.1) is 0 Å². The number of hydrogen-bond donors (Lipinski definition) is 2. The Balaban J connectivity index is 2.14. The molecule has 2 heterocycles. The van der Waals surface area contributed by atoms with Gasteiger partial charge in [0.1, 0.15) is 4.88 Å². The van der Waals surface area contributed by atoms with Gasteiger partial charge in [0.2, 0.25) is 0 Å². The summed E-state index contributed by atoms with van der Waals surface area (Å²) in [6.07, 6.45) is 3.12. The molecule has 14 heavy (non-hydrogen) atoms. The van der Waals surface area contributed by atoms with Crippen LogP contribution in [0.2, 0.25) is 5.02 Å². The summed E-state index contributed by atoms with van der Waals surface area (Å²) < 4.78 is 0. The van der Waals surface area contributed by atoms with Crippen LogP contribution in [0.5, 0.6) is 0 Å². The van der Waals surface area contributed by atoms with Gasteiger partial charge in [-0.15, -0.1) is 11.3 Å². The smallest absolute Gasteiger partial charge is 0.267 e. The van der Waals surface area contributed by atoms with Crippen molar-refractivity contribution in [3.63, 3.8) is 0 Å². The molecule has 2 aromatic rings. The van der Waals surface area contributed by atoms with E-state index < -0.39 is 0 Å². The molecule has 2 N–H and O–H groups in total. The van der Waals surface area contributed by atoms with E-state index in [4.69, 9.17) is 11.6 Å². The van der Waals surface area contributed by atoms with E-state index in [0.29, 0.717) is 15.6 Å². The number of amides is 1. The number of nitrogens with zero attached hydrogens (tertiary/aromatic N) is 1. The van der Waals surface area contributed by atoms with Crippen LogP contribution >= 0.6 is 22.9 Å². The van der Waals surface area contributed by atoms with Crippen LogP contribution in [0.1, 0.15) is 9.67 Å². The second kappa shape index (κ2) is 3.81. The quantitative estimate of drug-likeness (QED) is 0.828. The zero-order valence-corrected chi connectivity index (χ0v) is 8.52. The average Bonchev–Trinajstić information content (AvgIpc) is 2.75. The lowest BCUT2D eigenvalue weighted by molar-refractivity contribution is 0.103. The van der Waals surface area contributed by atoms with E-state index in [9.17, 15) is 4.79 Å². The van der Waals surface area contributed by atoms with Gasteiger partial charge >= 0.3 is 0 Å². The molecule has 0 fully saturated rings. The lowest BCUT2D eigenvalue weighted by Crippen LogP contribution is -2.09. The first-order chi connectivity index (χ1) is 6.77. The number of nitrogens with one attached hydrogen (secondary N) is 2. The number of carbonyl (C=O) groups is 1. The molecule has 0 bridgehead atoms. The molecule has 0 aromatic carbocycles. The average molecular weight is 228 g/mol. The molecule has 2 rings (SSSR count). The van der Waals surface area contributed by atoms with E-state index in [0.717, 1.165) is 0 Å². The number of rotatable bonds is 2. The SMILES string of the molecule is O=C(Nc1cn[nH]c1)c1sccc1Cl. The number of thiophene rings is 1. The summed E-state index contributed by atoms with van der Waals surface area (Å²) in [5.41, 5.74) is 0.625. The molecule has 0 radical (unpaired) electrons. The van der Waals surface area contributed by atoms with Crippen LogP contribution in [0.4, 0.5) is 5.69 Å². The Morgan fingerprint density at radius 2 is 2.50 bits per heavy atom. The number of halogens is 1. The highest BCUT2D eigenvalue weighted by atomic mass is 35.5. The lowest BCUT2D eigenvalue weighted by Gasteiger charge is -1.98. The highest BCUT2D eigenvalue weighted by Gasteiger charge is 2.11. The Bertz CT molecular complexity index is 437. The van der Waals surface area contributed by atoms with E-state index in [2.05, 4.69) is 15.5 Å². The molecule has 0 aliphatic carbocycles. The van der Waals surface area contributed by atoms with Crippen LogP contribution in [0.15, 0.2) is 23.8 Å². The van der Waals surface area contributed by atoms with Crippen LogP contribution in [0.3, 0.4) is 0 Å². The Hall–Kier alpha value is -1.33. The van der Waals surface area contributed by atoms with Crippen LogP contribution in [-0.4, -0.2) is 16.1 Å². The fourth-order valence-electron chi connectivity index (χ4n) is 0.963. The summed E-state index contributed by atoms with van der Waals surface area (Å²) in [4.78, 5) is 12.1. The van der Waals surface area contributed by atoms with Crippen LogP contribution in [-0.2, 0) is 0 Å². The molecule has 0 saturated heterocycles. The van der Waals surface area contributed by atoms with Crippen molar-refractivity contribution in [2.24, 2.45) is 0 Å². The van der Waals surface area contributed by atoms with Gasteiger partial charge in [0.25, 0.3) is 5.91 Å². The van der Waals surface area contributed by atoms with E-state index in [1.165, 1.54) is 17.5 Å². The molecule has 0 saturated carbocycles. The second-order valence-corrected chi connectivity index (χ2v) is 3.86. The Labute approximate surface area is 88.9 Å². The van der Waals surface area contributed by atoms with Crippen molar-refractivity contribution in [2.45, 2.75) is 0 Å². The first-order valence-electron chi connectivity index (χ1n) is 3.80. The minimum atomic E-state index is -0.216. The second-order valence-electron chi connectivity index (χ2n) is 2.54. The van der Waals surface area contributed by atoms with Gasteiger partial charge in [0.15, 0.2) is 0 Å². The number of anilines is 1. The maximum Gasteiger partial charge on any atom is 0.267 e. The predicted octanol–water partition coefficient (Wildman–Crippen LogP) is 2.38. The molecule has 6 heteroatoms. The molecule has 72 valence electrons. The third-order valence-corrected chi connectivity index (χ3v) is 2.92. The highest BCUT2D eigenvalue weighted by Crippen LogP contribution is 2.22. The Morgan fingerprint density at radius 3 is 3.07 bits per heavy atom. The number of aromatic amines is 1. The molecule has 0 spiro atoms. The van der Waals surface area contributed by atoms with Gasteiger partial charge in [-0.1, -0.05) is 11.6 Å². The van der Waals surface area contributed by atoms with E-state index in [-0.39, 0.29) is 5.91 Å². The minimum absolute atomic E-state index is 0.216. The number of hydrogen-bond acceptors (Lipinski definition) is 3. The zero-order valence-electron chi connectivity index (χ0n) is 6.95. The zero-order chi connectivity index (χ0) is 9.97. The first kappa shape index (κ1) is 9.23. The topological polar surface area (TPSA) is 57.8 Å². The minimum Gasteiger partial charge on any atom is -0.319 e. The van der Waals surface area contributed by atoms with E-state index in [1.54, 1.807) is 17.6 Å². The van der Waals surface area contributed by atoms with E-state index >= 15 is 0 Å². The summed E-state index contributed by atoms with van der Waals surface area (Å²) >= 11 is 7.11. The maximum absolute atomic E-state index is 11.6. The van der Waals surface area contributed by atoms with Gasteiger partial charge in [-0.25, -0.2) is 0 Å². The normalized spacial score (nSPS) is 10.1. The number of H-pyrrole nitrogens is 1. The molecule has 4 nitrogen and oxygen atoms in total. The van der Waals surface area contributed by atoms with Crippen molar-refractivity contribution < 1.29 is 4.79 Å². The predicted molar refractivity (Wildman–Crippen MR) is 55.9 cm³/mol. The largest absolute Gasteiger partial charge is 0.319 e. The maximum atomic E-state index is 11.6. The summed E-state index contributed by atoms with van der Waals surface area (Å²) in [6.45, 7) is 0. The summed E-state index contributed by atoms with van der Waals surface area (Å²) in [5, 5.41) is 11.2. The molecule has 0 aliphatic rings. The highest BCUT2D eigenvalue weighted by molar-refractivity contribution is 7.12. The van der Waals surface area contributed by atoms with Crippen molar-refractivity contribution >= 4 is 34.5 Å². The molecule has 0 unspecified atom stereocenters. The molecule has 0 aliphatic heterocycles.